The molecule has 0 radical (unpaired) electrons. The van der Waals surface area contributed by atoms with Crippen LogP contribution in [0.25, 0.3) is 0 Å². The molecule has 0 bridgehead atoms. The number of benzene rings is 1. The van der Waals surface area contributed by atoms with Gasteiger partial charge in [0.05, 0.1) is 12.4 Å². The first-order valence-electron chi connectivity index (χ1n) is 10.0. The lowest BCUT2D eigenvalue weighted by atomic mass is 9.79. The maximum Gasteiger partial charge on any atom is 0.263 e. The molecule has 2 aliphatic heterocycles. The number of likely N-dealkylation sites (tertiary alicyclic amines) is 1. The molecule has 2 aromatic rings. The SMILES string of the molecule is CN1CCN([C@@H]2CN(C(=O)c3cnc[nH]c3=O)CC[C@]2(O)c2ccccc2)CC1. The van der Waals surface area contributed by atoms with Crippen LogP contribution in [0.4, 0.5) is 0 Å². The number of carbonyl (C=O) groups excluding carboxylic acids is 1. The van der Waals surface area contributed by atoms with Crippen LogP contribution in [0.1, 0.15) is 22.3 Å². The number of nitrogens with zero attached hydrogens (tertiary/aromatic N) is 4. The molecule has 0 saturated carbocycles. The summed E-state index contributed by atoms with van der Waals surface area (Å²) in [4.78, 5) is 37.6. The zero-order valence-electron chi connectivity index (χ0n) is 16.6. The molecule has 0 unspecified atom stereocenters. The number of amides is 1. The summed E-state index contributed by atoms with van der Waals surface area (Å²) in [5.41, 5.74) is -0.579. The number of piperazine rings is 1. The first-order chi connectivity index (χ1) is 14.0. The summed E-state index contributed by atoms with van der Waals surface area (Å²) in [6.45, 7) is 4.22. The van der Waals surface area contributed by atoms with Crippen molar-refractivity contribution in [3.8, 4) is 0 Å². The van der Waals surface area contributed by atoms with Crippen LogP contribution in [0.3, 0.4) is 0 Å². The summed E-state index contributed by atoms with van der Waals surface area (Å²) >= 11 is 0. The average molecular weight is 397 g/mol. The highest BCUT2D eigenvalue weighted by molar-refractivity contribution is 5.93. The van der Waals surface area contributed by atoms with Gasteiger partial charge in [-0.3, -0.25) is 14.5 Å². The monoisotopic (exact) mass is 397 g/mol. The van der Waals surface area contributed by atoms with Gasteiger partial charge in [-0.05, 0) is 19.0 Å². The fourth-order valence-corrected chi connectivity index (χ4v) is 4.39. The number of aromatic nitrogens is 2. The van der Waals surface area contributed by atoms with E-state index in [-0.39, 0.29) is 17.5 Å². The standard InChI is InChI=1S/C21H27N5O3/c1-24-9-11-25(12-10-24)18-14-26(20(28)17-13-22-15-23-19(17)27)8-7-21(18,29)16-5-3-2-4-6-16/h2-6,13,15,18,29H,7-12,14H2,1H3,(H,22,23,27)/t18-,21+/m1/s1. The molecule has 2 saturated heterocycles. The van der Waals surface area contributed by atoms with Gasteiger partial charge in [0.2, 0.25) is 0 Å². The van der Waals surface area contributed by atoms with Gasteiger partial charge in [0.25, 0.3) is 11.5 Å². The highest BCUT2D eigenvalue weighted by Crippen LogP contribution is 2.36. The Balaban J connectivity index is 1.64. The minimum atomic E-state index is -1.05. The number of rotatable bonds is 3. The molecular formula is C21H27N5O3. The first-order valence-corrected chi connectivity index (χ1v) is 10.0. The lowest BCUT2D eigenvalue weighted by molar-refractivity contribution is -0.101. The highest BCUT2D eigenvalue weighted by atomic mass is 16.3. The van der Waals surface area contributed by atoms with Crippen LogP contribution in [-0.4, -0.2) is 88.0 Å². The fraction of sp³-hybridized carbons (Fsp3) is 0.476. The number of aromatic amines is 1. The van der Waals surface area contributed by atoms with Gasteiger partial charge >= 0.3 is 0 Å². The van der Waals surface area contributed by atoms with Crippen molar-refractivity contribution >= 4 is 5.91 Å². The molecule has 0 spiro atoms. The van der Waals surface area contributed by atoms with Crippen LogP contribution in [0.2, 0.25) is 0 Å². The molecule has 1 aromatic heterocycles. The molecule has 8 heteroatoms. The number of likely N-dealkylation sites (N-methyl/N-ethyl adjacent to an activating group) is 1. The summed E-state index contributed by atoms with van der Waals surface area (Å²) in [6.07, 6.45) is 3.00. The molecule has 1 aromatic carbocycles. The molecule has 2 atom stereocenters. The van der Waals surface area contributed by atoms with E-state index in [4.69, 9.17) is 0 Å². The first kappa shape index (κ1) is 19.8. The molecule has 0 aliphatic carbocycles. The van der Waals surface area contributed by atoms with Gasteiger partial charge < -0.3 is 19.9 Å². The van der Waals surface area contributed by atoms with Gasteiger partial charge in [0, 0.05) is 45.5 Å². The number of nitrogens with one attached hydrogen (secondary N) is 1. The van der Waals surface area contributed by atoms with Crippen LogP contribution in [-0.2, 0) is 5.60 Å². The maximum absolute atomic E-state index is 13.0. The Hall–Kier alpha value is -2.55. The summed E-state index contributed by atoms with van der Waals surface area (Å²) in [5, 5.41) is 11.8. The Morgan fingerprint density at radius 3 is 2.59 bits per heavy atom. The van der Waals surface area contributed by atoms with E-state index in [2.05, 4.69) is 26.8 Å². The molecule has 29 heavy (non-hydrogen) atoms. The second kappa shape index (κ2) is 8.06. The van der Waals surface area contributed by atoms with E-state index in [0.29, 0.717) is 19.5 Å². The number of hydrogen-bond donors (Lipinski definition) is 2. The van der Waals surface area contributed by atoms with Crippen LogP contribution >= 0.6 is 0 Å². The van der Waals surface area contributed by atoms with Crippen LogP contribution < -0.4 is 5.56 Å². The second-order valence-electron chi connectivity index (χ2n) is 7.94. The van der Waals surface area contributed by atoms with Gasteiger partial charge in [0.15, 0.2) is 0 Å². The molecule has 2 aliphatic rings. The third-order valence-corrected chi connectivity index (χ3v) is 6.20. The predicted octanol–water partition coefficient (Wildman–Crippen LogP) is 0.120. The topological polar surface area (TPSA) is 92.8 Å². The molecule has 3 heterocycles. The largest absolute Gasteiger partial charge is 0.383 e. The molecular weight excluding hydrogens is 370 g/mol. The summed E-state index contributed by atoms with van der Waals surface area (Å²) in [5.74, 6) is -0.339. The summed E-state index contributed by atoms with van der Waals surface area (Å²) < 4.78 is 0. The third kappa shape index (κ3) is 3.83. The number of carbonyl (C=O) groups is 1. The van der Waals surface area contributed by atoms with Crippen LogP contribution in [0.15, 0.2) is 47.7 Å². The van der Waals surface area contributed by atoms with Crippen molar-refractivity contribution < 1.29 is 9.90 Å². The van der Waals surface area contributed by atoms with Crippen molar-refractivity contribution in [2.24, 2.45) is 0 Å². The zero-order chi connectivity index (χ0) is 20.4. The lowest BCUT2D eigenvalue weighted by Gasteiger charge is -2.51. The highest BCUT2D eigenvalue weighted by Gasteiger charge is 2.47. The van der Waals surface area contributed by atoms with Crippen LogP contribution in [0.5, 0.6) is 0 Å². The Bertz CT molecular complexity index is 910. The smallest absolute Gasteiger partial charge is 0.263 e. The van der Waals surface area contributed by atoms with E-state index in [9.17, 15) is 14.7 Å². The van der Waals surface area contributed by atoms with Crippen molar-refractivity contribution in [3.05, 3.63) is 64.3 Å². The number of H-pyrrole nitrogens is 1. The Morgan fingerprint density at radius 1 is 1.17 bits per heavy atom. The van der Waals surface area contributed by atoms with E-state index in [1.807, 2.05) is 30.3 Å². The van der Waals surface area contributed by atoms with Gasteiger partial charge in [0.1, 0.15) is 11.2 Å². The van der Waals surface area contributed by atoms with Crippen molar-refractivity contribution in [2.45, 2.75) is 18.1 Å². The second-order valence-corrected chi connectivity index (χ2v) is 7.94. The molecule has 154 valence electrons. The fourth-order valence-electron chi connectivity index (χ4n) is 4.39. The summed E-state index contributed by atoms with van der Waals surface area (Å²) in [7, 11) is 2.09. The average Bonchev–Trinajstić information content (AvgIpc) is 2.75. The Morgan fingerprint density at radius 2 is 1.90 bits per heavy atom. The van der Waals surface area contributed by atoms with Gasteiger partial charge in [-0.15, -0.1) is 0 Å². The number of piperidine rings is 1. The minimum Gasteiger partial charge on any atom is -0.383 e. The van der Waals surface area contributed by atoms with Crippen molar-refractivity contribution in [2.75, 3.05) is 46.3 Å². The van der Waals surface area contributed by atoms with E-state index in [0.717, 1.165) is 31.7 Å². The van der Waals surface area contributed by atoms with E-state index >= 15 is 0 Å². The Kier molecular flexibility index (Phi) is 5.49. The molecule has 1 amide bonds. The van der Waals surface area contributed by atoms with E-state index < -0.39 is 11.2 Å². The van der Waals surface area contributed by atoms with E-state index in [1.165, 1.54) is 12.5 Å². The molecule has 4 rings (SSSR count). The third-order valence-electron chi connectivity index (χ3n) is 6.20. The zero-order valence-corrected chi connectivity index (χ0v) is 16.6. The van der Waals surface area contributed by atoms with Crippen molar-refractivity contribution in [1.82, 2.24) is 24.7 Å². The van der Waals surface area contributed by atoms with Gasteiger partial charge in [-0.1, -0.05) is 30.3 Å². The normalized spacial score (nSPS) is 26.4. The van der Waals surface area contributed by atoms with E-state index in [1.54, 1.807) is 4.90 Å². The maximum atomic E-state index is 13.0. The van der Waals surface area contributed by atoms with Crippen molar-refractivity contribution in [3.63, 3.8) is 0 Å². The number of hydrogen-bond acceptors (Lipinski definition) is 6. The lowest BCUT2D eigenvalue weighted by Crippen LogP contribution is -2.64. The minimum absolute atomic E-state index is 0.0368. The molecule has 8 nitrogen and oxygen atoms in total. The van der Waals surface area contributed by atoms with Crippen molar-refractivity contribution in [1.29, 1.82) is 0 Å². The molecule has 2 fully saturated rings. The van der Waals surface area contributed by atoms with Gasteiger partial charge in [-0.25, -0.2) is 4.98 Å². The van der Waals surface area contributed by atoms with Gasteiger partial charge in [-0.2, -0.15) is 0 Å². The molecule has 2 N–H and O–H groups in total. The Labute approximate surface area is 169 Å². The summed E-state index contributed by atoms with van der Waals surface area (Å²) in [6, 6.07) is 9.46. The number of aliphatic hydroxyl groups is 1. The predicted molar refractivity (Wildman–Crippen MR) is 109 cm³/mol. The quantitative estimate of drug-likeness (QED) is 0.764. The van der Waals surface area contributed by atoms with Crippen LogP contribution in [0, 0.1) is 0 Å².